The van der Waals surface area contributed by atoms with Gasteiger partial charge in [-0.25, -0.2) is 0 Å². The van der Waals surface area contributed by atoms with Gasteiger partial charge in [0.15, 0.2) is 0 Å². The molecule has 1 amide bonds. The van der Waals surface area contributed by atoms with Crippen molar-refractivity contribution in [1.82, 2.24) is 10.6 Å². The number of benzene rings is 2. The Morgan fingerprint density at radius 2 is 1.84 bits per heavy atom. The van der Waals surface area contributed by atoms with Crippen LogP contribution < -0.4 is 21.3 Å². The zero-order valence-corrected chi connectivity index (χ0v) is 17.5. The number of nitrogens with zero attached hydrogens (tertiary/aromatic N) is 1. The minimum absolute atomic E-state index is 0.0788. The van der Waals surface area contributed by atoms with Crippen molar-refractivity contribution in [3.05, 3.63) is 64.7 Å². The van der Waals surface area contributed by atoms with Gasteiger partial charge in [0.1, 0.15) is 11.9 Å². The number of nitrogens with two attached hydrogens (primary N) is 1. The Morgan fingerprint density at radius 1 is 1.16 bits per heavy atom. The van der Waals surface area contributed by atoms with E-state index < -0.39 is 17.8 Å². The lowest BCUT2D eigenvalue weighted by Gasteiger charge is -2.30. The summed E-state index contributed by atoms with van der Waals surface area (Å²) >= 11 is 0. The molecule has 2 aromatic carbocycles. The second-order valence-electron chi connectivity index (χ2n) is 8.33. The molecule has 1 unspecified atom stereocenters. The van der Waals surface area contributed by atoms with Crippen LogP contribution in [-0.2, 0) is 23.9 Å². The Bertz CT molecular complexity index is 1000. The number of anilines is 1. The van der Waals surface area contributed by atoms with Gasteiger partial charge in [0.25, 0.3) is 0 Å². The largest absolute Gasteiger partial charge is 0.416 e. The maximum atomic E-state index is 13.2. The van der Waals surface area contributed by atoms with Gasteiger partial charge in [-0.1, -0.05) is 24.3 Å². The van der Waals surface area contributed by atoms with E-state index >= 15 is 0 Å². The Morgan fingerprint density at radius 3 is 2.47 bits per heavy atom. The fraction of sp³-hybridized carbons (Fsp3) is 0.391. The highest BCUT2D eigenvalue weighted by atomic mass is 19.4. The first-order valence-electron chi connectivity index (χ1n) is 10.6. The number of hydrogen-bond acceptors (Lipinski definition) is 4. The lowest BCUT2D eigenvalue weighted by molar-refractivity contribution is -0.137. The minimum Gasteiger partial charge on any atom is -0.384 e. The van der Waals surface area contributed by atoms with Crippen LogP contribution in [0.25, 0.3) is 0 Å². The highest BCUT2D eigenvalue weighted by Crippen LogP contribution is 2.35. The number of alkyl halides is 3. The predicted molar refractivity (Wildman–Crippen MR) is 117 cm³/mol. The quantitative estimate of drug-likeness (QED) is 0.421. The van der Waals surface area contributed by atoms with Gasteiger partial charge < -0.3 is 21.3 Å². The van der Waals surface area contributed by atoms with E-state index in [1.807, 2.05) is 11.0 Å². The molecule has 5 N–H and O–H groups in total. The molecule has 2 heterocycles. The number of amides is 1. The summed E-state index contributed by atoms with van der Waals surface area (Å²) < 4.78 is 38.8. The van der Waals surface area contributed by atoms with Gasteiger partial charge in [-0.05, 0) is 55.3 Å². The number of carbonyl (C=O) groups excluding carboxylic acids is 1. The van der Waals surface area contributed by atoms with Gasteiger partial charge in [0.2, 0.25) is 5.91 Å². The topological polar surface area (TPSA) is 94.2 Å². The maximum Gasteiger partial charge on any atom is 0.416 e. The Balaban J connectivity index is 1.60. The van der Waals surface area contributed by atoms with Crippen molar-refractivity contribution >= 4 is 17.4 Å². The van der Waals surface area contributed by atoms with Crippen LogP contribution in [0.1, 0.15) is 35.1 Å². The summed E-state index contributed by atoms with van der Waals surface area (Å²) in [7, 11) is 0. The van der Waals surface area contributed by atoms with Crippen LogP contribution in [0.5, 0.6) is 0 Å². The molecule has 6 nitrogen and oxygen atoms in total. The van der Waals surface area contributed by atoms with E-state index in [9.17, 15) is 18.0 Å². The number of rotatable bonds is 5. The van der Waals surface area contributed by atoms with E-state index in [4.69, 9.17) is 11.1 Å². The number of nitrogens with one attached hydrogen (secondary N) is 3. The van der Waals surface area contributed by atoms with Crippen LogP contribution in [-0.4, -0.2) is 36.9 Å². The number of carbonyl (C=O) groups is 1. The summed E-state index contributed by atoms with van der Waals surface area (Å²) in [4.78, 5) is 15.1. The zero-order valence-electron chi connectivity index (χ0n) is 17.5. The van der Waals surface area contributed by atoms with Gasteiger partial charge in [-0.3, -0.25) is 10.2 Å². The first-order valence-corrected chi connectivity index (χ1v) is 10.6. The molecule has 0 radical (unpaired) electrons. The van der Waals surface area contributed by atoms with Crippen LogP contribution in [0.4, 0.5) is 18.9 Å². The van der Waals surface area contributed by atoms with Crippen LogP contribution in [0.2, 0.25) is 0 Å². The molecule has 1 saturated heterocycles. The predicted octanol–water partition coefficient (Wildman–Crippen LogP) is 2.79. The first-order chi connectivity index (χ1) is 15.2. The highest BCUT2D eigenvalue weighted by molar-refractivity contribution is 5.97. The Kier molecular flexibility index (Phi) is 6.10. The van der Waals surface area contributed by atoms with Crippen molar-refractivity contribution in [2.24, 2.45) is 5.73 Å². The average molecular weight is 445 g/mol. The van der Waals surface area contributed by atoms with Gasteiger partial charge in [-0.2, -0.15) is 13.2 Å². The van der Waals surface area contributed by atoms with Crippen molar-refractivity contribution in [2.75, 3.05) is 18.0 Å². The van der Waals surface area contributed by atoms with Crippen molar-refractivity contribution in [1.29, 1.82) is 5.41 Å². The summed E-state index contributed by atoms with van der Waals surface area (Å²) in [5, 5.41) is 14.2. The Hall–Kier alpha value is -3.07. The molecule has 2 aliphatic heterocycles. The molecule has 0 bridgehead atoms. The average Bonchev–Trinajstić information content (AvgIpc) is 3.12. The lowest BCUT2D eigenvalue weighted by Crippen LogP contribution is -2.50. The number of amidine groups is 1. The number of piperidine rings is 1. The zero-order chi connectivity index (χ0) is 22.9. The van der Waals surface area contributed by atoms with Crippen molar-refractivity contribution < 1.29 is 18.0 Å². The third kappa shape index (κ3) is 4.72. The van der Waals surface area contributed by atoms with E-state index in [-0.39, 0.29) is 24.3 Å². The van der Waals surface area contributed by atoms with E-state index in [1.165, 1.54) is 12.1 Å². The fourth-order valence-electron chi connectivity index (χ4n) is 4.35. The summed E-state index contributed by atoms with van der Waals surface area (Å²) in [5.41, 5.74) is 7.89. The van der Waals surface area contributed by atoms with Crippen molar-refractivity contribution in [3.8, 4) is 0 Å². The van der Waals surface area contributed by atoms with E-state index in [1.54, 1.807) is 12.1 Å². The van der Waals surface area contributed by atoms with Gasteiger partial charge in [0, 0.05) is 30.3 Å². The second-order valence-corrected chi connectivity index (χ2v) is 8.33. The summed E-state index contributed by atoms with van der Waals surface area (Å²) in [6.45, 7) is 1.98. The highest BCUT2D eigenvalue weighted by Gasteiger charge is 2.36. The molecule has 32 heavy (non-hydrogen) atoms. The molecule has 0 saturated carbocycles. The number of fused-ring (bicyclic) bond motifs is 1. The molecular formula is C23H26F3N5O. The Labute approximate surface area is 184 Å². The fourth-order valence-corrected chi connectivity index (χ4v) is 4.35. The number of hydrogen-bond donors (Lipinski definition) is 4. The molecule has 0 aliphatic carbocycles. The second kappa shape index (κ2) is 8.82. The molecule has 4 rings (SSSR count). The van der Waals surface area contributed by atoms with E-state index in [0.29, 0.717) is 17.5 Å². The van der Waals surface area contributed by atoms with Gasteiger partial charge in [-0.15, -0.1) is 0 Å². The van der Waals surface area contributed by atoms with Crippen molar-refractivity contribution in [2.45, 2.75) is 44.1 Å². The van der Waals surface area contributed by atoms with Crippen LogP contribution in [0.3, 0.4) is 0 Å². The number of halogens is 3. The summed E-state index contributed by atoms with van der Waals surface area (Å²) in [6.07, 6.45) is -2.19. The molecule has 9 heteroatoms. The van der Waals surface area contributed by atoms with Crippen LogP contribution >= 0.6 is 0 Å². The summed E-state index contributed by atoms with van der Waals surface area (Å²) in [5.74, 6) is -0.172. The standard InChI is InChI=1S/C23H26F3N5O/c24-23(25,26)17-5-1-14(2-6-17)13-31-19-12-16(21(27)28)4-3-15(19)11-20(31)22(32)30-18-7-9-29-10-8-18/h1-6,12,18,20,29H,7-11,13H2,(H3,27,28)(H,30,32). The molecule has 1 fully saturated rings. The molecule has 0 aromatic heterocycles. The van der Waals surface area contributed by atoms with Gasteiger partial charge in [0.05, 0.1) is 5.56 Å². The molecule has 2 aliphatic rings. The smallest absolute Gasteiger partial charge is 0.384 e. The van der Waals surface area contributed by atoms with Crippen LogP contribution in [0, 0.1) is 5.41 Å². The molecule has 1 atom stereocenters. The monoisotopic (exact) mass is 445 g/mol. The third-order valence-corrected chi connectivity index (χ3v) is 6.12. The van der Waals surface area contributed by atoms with Crippen molar-refractivity contribution in [3.63, 3.8) is 0 Å². The summed E-state index contributed by atoms with van der Waals surface area (Å²) in [6, 6.07) is 10.0. The number of nitrogen functional groups attached to an aromatic ring is 1. The van der Waals surface area contributed by atoms with E-state index in [0.717, 1.165) is 49.3 Å². The van der Waals surface area contributed by atoms with Gasteiger partial charge >= 0.3 is 6.18 Å². The first kappa shape index (κ1) is 22.1. The molecule has 170 valence electrons. The normalized spacial score (nSPS) is 19.0. The molecule has 2 aromatic rings. The maximum absolute atomic E-state index is 13.2. The SMILES string of the molecule is N=C(N)c1ccc2c(c1)N(Cc1ccc(C(F)(F)F)cc1)C(C(=O)NC1CCNCC1)C2. The molecule has 0 spiro atoms. The third-order valence-electron chi connectivity index (χ3n) is 6.12. The lowest BCUT2D eigenvalue weighted by atomic mass is 10.0. The minimum atomic E-state index is -4.40. The molecular weight excluding hydrogens is 419 g/mol. The van der Waals surface area contributed by atoms with E-state index in [2.05, 4.69) is 10.6 Å². The van der Waals surface area contributed by atoms with Crippen LogP contribution in [0.15, 0.2) is 42.5 Å².